The first kappa shape index (κ1) is 23.5. The van der Waals surface area contributed by atoms with Gasteiger partial charge in [0, 0.05) is 17.5 Å². The first-order chi connectivity index (χ1) is 15.9. The lowest BCUT2D eigenvalue weighted by atomic mass is 10.1. The second-order valence-electron chi connectivity index (χ2n) is 8.37. The molecule has 0 spiro atoms. The minimum absolute atomic E-state index is 0.0226. The van der Waals surface area contributed by atoms with Crippen LogP contribution in [-0.4, -0.2) is 34.2 Å². The third-order valence-corrected chi connectivity index (χ3v) is 7.27. The highest BCUT2D eigenvalue weighted by molar-refractivity contribution is 7.10. The highest BCUT2D eigenvalue weighted by Gasteiger charge is 2.37. The van der Waals surface area contributed by atoms with E-state index in [4.69, 9.17) is 11.6 Å². The maximum Gasteiger partial charge on any atom is 0.245 e. The van der Waals surface area contributed by atoms with Gasteiger partial charge >= 0.3 is 0 Å². The van der Waals surface area contributed by atoms with Gasteiger partial charge in [-0.1, -0.05) is 42.5 Å². The van der Waals surface area contributed by atoms with Gasteiger partial charge < -0.3 is 9.80 Å². The van der Waals surface area contributed by atoms with Gasteiger partial charge in [-0.15, -0.1) is 22.9 Å². The van der Waals surface area contributed by atoms with Gasteiger partial charge in [0.15, 0.2) is 0 Å². The zero-order valence-corrected chi connectivity index (χ0v) is 20.0. The Morgan fingerprint density at radius 1 is 1.06 bits per heavy atom. The molecule has 4 rings (SSSR count). The van der Waals surface area contributed by atoms with Crippen LogP contribution in [0.5, 0.6) is 0 Å². The molecule has 1 atom stereocenters. The van der Waals surface area contributed by atoms with Crippen molar-refractivity contribution in [1.82, 2.24) is 9.80 Å². The van der Waals surface area contributed by atoms with Crippen LogP contribution in [-0.2, 0) is 22.7 Å². The Labute approximate surface area is 202 Å². The van der Waals surface area contributed by atoms with Gasteiger partial charge in [0.05, 0.1) is 6.54 Å². The molecule has 0 bridgehead atoms. The average molecular weight is 485 g/mol. The lowest BCUT2D eigenvalue weighted by Gasteiger charge is -2.29. The predicted octanol–water partition coefficient (Wildman–Crippen LogP) is 5.70. The average Bonchev–Trinajstić information content (AvgIpc) is 3.59. The van der Waals surface area contributed by atoms with Crippen LogP contribution in [0, 0.1) is 12.7 Å². The molecule has 172 valence electrons. The Balaban J connectivity index is 1.52. The second kappa shape index (κ2) is 10.5. The fraction of sp³-hybridized carbons (Fsp3) is 0.308. The number of hydrogen-bond acceptors (Lipinski definition) is 3. The van der Waals surface area contributed by atoms with E-state index in [1.54, 1.807) is 33.3 Å². The van der Waals surface area contributed by atoms with Crippen LogP contribution < -0.4 is 0 Å². The third-order valence-electron chi connectivity index (χ3n) is 5.83. The summed E-state index contributed by atoms with van der Waals surface area (Å²) in [5.74, 6) is -0.706. The number of hydrogen-bond donors (Lipinski definition) is 0. The van der Waals surface area contributed by atoms with Crippen molar-refractivity contribution in [3.05, 3.63) is 93.4 Å². The van der Waals surface area contributed by atoms with Gasteiger partial charge in [-0.05, 0) is 60.0 Å². The van der Waals surface area contributed by atoms with E-state index in [0.29, 0.717) is 13.1 Å². The number of nitrogens with zero attached hydrogens (tertiary/aromatic N) is 2. The minimum atomic E-state index is -0.829. The summed E-state index contributed by atoms with van der Waals surface area (Å²) < 4.78 is 13.4. The summed E-state index contributed by atoms with van der Waals surface area (Å²) in [6, 6.07) is 17.4. The van der Waals surface area contributed by atoms with E-state index in [0.717, 1.165) is 34.4 Å². The Bertz CT molecular complexity index is 1100. The molecule has 0 saturated heterocycles. The van der Waals surface area contributed by atoms with Crippen LogP contribution >= 0.6 is 22.9 Å². The Morgan fingerprint density at radius 3 is 2.36 bits per heavy atom. The quantitative estimate of drug-likeness (QED) is 0.366. The van der Waals surface area contributed by atoms with Gasteiger partial charge in [0.2, 0.25) is 11.8 Å². The number of thiophene rings is 1. The lowest BCUT2D eigenvalue weighted by molar-refractivity contribution is -0.141. The molecule has 1 fully saturated rings. The molecule has 0 N–H and O–H groups in total. The summed E-state index contributed by atoms with van der Waals surface area (Å²) in [5.41, 5.74) is 2.68. The van der Waals surface area contributed by atoms with E-state index in [2.05, 4.69) is 0 Å². The van der Waals surface area contributed by atoms with Crippen molar-refractivity contribution < 1.29 is 14.0 Å². The van der Waals surface area contributed by atoms with Crippen LogP contribution in [0.1, 0.15) is 39.8 Å². The Morgan fingerprint density at radius 2 is 1.76 bits per heavy atom. The van der Waals surface area contributed by atoms with Crippen molar-refractivity contribution in [3.8, 4) is 0 Å². The highest BCUT2D eigenvalue weighted by atomic mass is 35.5. The van der Waals surface area contributed by atoms with Gasteiger partial charge in [-0.25, -0.2) is 4.39 Å². The molecule has 4 nitrogen and oxygen atoms in total. The molecule has 33 heavy (non-hydrogen) atoms. The highest BCUT2D eigenvalue weighted by Crippen LogP contribution is 2.32. The molecular weight excluding hydrogens is 459 g/mol. The first-order valence-corrected chi connectivity index (χ1v) is 12.3. The molecule has 0 aliphatic heterocycles. The number of aryl methyl sites for hydroxylation is 1. The molecule has 1 saturated carbocycles. The van der Waals surface area contributed by atoms with E-state index in [9.17, 15) is 14.0 Å². The molecule has 7 heteroatoms. The maximum absolute atomic E-state index is 13.5. The summed E-state index contributed by atoms with van der Waals surface area (Å²) in [7, 11) is 0. The first-order valence-electron chi connectivity index (χ1n) is 11.0. The molecule has 1 aromatic heterocycles. The molecule has 2 amide bonds. The summed E-state index contributed by atoms with van der Waals surface area (Å²) in [5, 5.41) is 1.17. The van der Waals surface area contributed by atoms with Crippen LogP contribution in [0.15, 0.2) is 66.0 Å². The van der Waals surface area contributed by atoms with Crippen molar-refractivity contribution in [1.29, 1.82) is 0 Å². The van der Waals surface area contributed by atoms with Gasteiger partial charge in [-0.3, -0.25) is 9.59 Å². The fourth-order valence-corrected chi connectivity index (χ4v) is 4.90. The number of halogens is 2. The predicted molar refractivity (Wildman–Crippen MR) is 129 cm³/mol. The number of rotatable bonds is 9. The van der Waals surface area contributed by atoms with E-state index < -0.39 is 5.38 Å². The SMILES string of the molecule is Cc1ccsc1CN(Cc1ccc(F)cc1)C(=O)CN(C(=O)C(Cl)c1ccccc1)C1CC1. The third kappa shape index (κ3) is 6.01. The Kier molecular flexibility index (Phi) is 7.46. The van der Waals surface area contributed by atoms with E-state index >= 15 is 0 Å². The van der Waals surface area contributed by atoms with Crippen LogP contribution in [0.3, 0.4) is 0 Å². The zero-order chi connectivity index (χ0) is 23.4. The topological polar surface area (TPSA) is 40.6 Å². The lowest BCUT2D eigenvalue weighted by Crippen LogP contribution is -2.44. The monoisotopic (exact) mass is 484 g/mol. The summed E-state index contributed by atoms with van der Waals surface area (Å²) >= 11 is 8.12. The van der Waals surface area contributed by atoms with E-state index in [-0.39, 0.29) is 30.2 Å². The number of amides is 2. The van der Waals surface area contributed by atoms with E-state index in [1.165, 1.54) is 12.1 Å². The summed E-state index contributed by atoms with van der Waals surface area (Å²) in [6.45, 7) is 2.77. The molecule has 1 unspecified atom stereocenters. The molecule has 1 heterocycles. The van der Waals surface area contributed by atoms with Gasteiger partial charge in [0.25, 0.3) is 0 Å². The van der Waals surface area contributed by atoms with Gasteiger partial charge in [0.1, 0.15) is 17.7 Å². The normalized spacial score (nSPS) is 14.0. The maximum atomic E-state index is 13.5. The standard InChI is InChI=1S/C26H26ClFN2O2S/c1-18-13-14-33-23(18)16-29(15-19-7-9-21(28)10-8-19)24(31)17-30(22-11-12-22)26(32)25(27)20-5-3-2-4-6-20/h2-10,13-14,22,25H,11-12,15-17H2,1H3. The summed E-state index contributed by atoms with van der Waals surface area (Å²) in [6.07, 6.45) is 1.75. The smallest absolute Gasteiger partial charge is 0.245 e. The minimum Gasteiger partial charge on any atom is -0.332 e. The molecule has 1 aliphatic rings. The van der Waals surface area contributed by atoms with Crippen LogP contribution in [0.25, 0.3) is 0 Å². The van der Waals surface area contributed by atoms with Crippen molar-refractivity contribution >= 4 is 34.8 Å². The number of alkyl halides is 1. The number of carbonyl (C=O) groups excluding carboxylic acids is 2. The number of carbonyl (C=O) groups is 2. The molecule has 1 aliphatic carbocycles. The van der Waals surface area contributed by atoms with Gasteiger partial charge in [-0.2, -0.15) is 0 Å². The number of benzene rings is 2. The molecule has 2 aromatic carbocycles. The van der Waals surface area contributed by atoms with Crippen molar-refractivity contribution in [2.24, 2.45) is 0 Å². The van der Waals surface area contributed by atoms with Crippen LogP contribution in [0.4, 0.5) is 4.39 Å². The van der Waals surface area contributed by atoms with Crippen molar-refractivity contribution in [2.45, 2.75) is 44.3 Å². The molecular formula is C26H26ClFN2O2S. The van der Waals surface area contributed by atoms with E-state index in [1.807, 2.05) is 48.7 Å². The van der Waals surface area contributed by atoms with Crippen molar-refractivity contribution in [3.63, 3.8) is 0 Å². The fourth-order valence-electron chi connectivity index (χ4n) is 3.71. The summed E-state index contributed by atoms with van der Waals surface area (Å²) in [4.78, 5) is 31.2. The Hall–Kier alpha value is -2.70. The molecule has 0 radical (unpaired) electrons. The largest absolute Gasteiger partial charge is 0.332 e. The second-order valence-corrected chi connectivity index (χ2v) is 9.81. The zero-order valence-electron chi connectivity index (χ0n) is 18.4. The van der Waals surface area contributed by atoms with Crippen LogP contribution in [0.2, 0.25) is 0 Å². The van der Waals surface area contributed by atoms with Crippen molar-refractivity contribution in [2.75, 3.05) is 6.54 Å². The molecule has 3 aromatic rings.